The highest BCUT2D eigenvalue weighted by Gasteiger charge is 2.10. The van der Waals surface area contributed by atoms with Crippen LogP contribution in [0, 0.1) is 5.41 Å². The number of hydrogen-bond donors (Lipinski definition) is 2. The molecule has 17 heavy (non-hydrogen) atoms. The van der Waals surface area contributed by atoms with E-state index in [-0.39, 0.29) is 5.84 Å². The van der Waals surface area contributed by atoms with E-state index in [9.17, 15) is 0 Å². The summed E-state index contributed by atoms with van der Waals surface area (Å²) in [5.41, 5.74) is 6.20. The molecule has 4 nitrogen and oxygen atoms in total. The zero-order valence-corrected chi connectivity index (χ0v) is 10.7. The van der Waals surface area contributed by atoms with Gasteiger partial charge in [-0.25, -0.2) is 4.98 Å². The van der Waals surface area contributed by atoms with Crippen LogP contribution in [0.1, 0.15) is 5.56 Å². The second-order valence-electron chi connectivity index (χ2n) is 3.48. The van der Waals surface area contributed by atoms with Gasteiger partial charge in [-0.3, -0.25) is 5.41 Å². The van der Waals surface area contributed by atoms with Crippen molar-refractivity contribution >= 4 is 29.2 Å². The van der Waals surface area contributed by atoms with Crippen LogP contribution in [-0.4, -0.2) is 15.4 Å². The Bertz CT molecular complexity index is 564. The molecule has 88 valence electrons. The average Bonchev–Trinajstić information content (AvgIpc) is 2.64. The average molecular weight is 267 g/mol. The van der Waals surface area contributed by atoms with Gasteiger partial charge < -0.3 is 10.3 Å². The lowest BCUT2D eigenvalue weighted by Crippen LogP contribution is -2.12. The summed E-state index contributed by atoms with van der Waals surface area (Å²) in [4.78, 5) is 5.05. The summed E-state index contributed by atoms with van der Waals surface area (Å²) >= 11 is 7.39. The molecule has 1 heterocycles. The number of aromatic nitrogens is 2. The van der Waals surface area contributed by atoms with Crippen molar-refractivity contribution in [2.75, 3.05) is 0 Å². The Morgan fingerprint density at radius 1 is 1.53 bits per heavy atom. The molecule has 0 amide bonds. The van der Waals surface area contributed by atoms with Crippen molar-refractivity contribution in [2.45, 2.75) is 10.1 Å². The van der Waals surface area contributed by atoms with Crippen LogP contribution >= 0.6 is 23.4 Å². The lowest BCUT2D eigenvalue weighted by molar-refractivity contribution is 0.790. The smallest absolute Gasteiger partial charge is 0.172 e. The van der Waals surface area contributed by atoms with Crippen molar-refractivity contribution in [1.82, 2.24) is 9.55 Å². The van der Waals surface area contributed by atoms with E-state index in [2.05, 4.69) is 4.98 Å². The quantitative estimate of drug-likeness (QED) is 0.663. The van der Waals surface area contributed by atoms with Crippen molar-refractivity contribution in [3.05, 3.63) is 41.2 Å². The highest BCUT2D eigenvalue weighted by Crippen LogP contribution is 2.31. The van der Waals surface area contributed by atoms with Crippen molar-refractivity contribution in [3.63, 3.8) is 0 Å². The second-order valence-corrected chi connectivity index (χ2v) is 4.92. The number of halogens is 1. The fourth-order valence-electron chi connectivity index (χ4n) is 1.35. The second kappa shape index (κ2) is 4.81. The third kappa shape index (κ3) is 2.62. The summed E-state index contributed by atoms with van der Waals surface area (Å²) < 4.78 is 1.90. The van der Waals surface area contributed by atoms with Gasteiger partial charge in [0.1, 0.15) is 5.84 Å². The standard InChI is InChI=1S/C11H11ClN4S/c1-16-5-4-15-11(16)17-9-6-7(12)2-3-8(9)10(13)14/h2-6H,1H3,(H3,13,14). The minimum absolute atomic E-state index is 0.0263. The first kappa shape index (κ1) is 12.0. The van der Waals surface area contributed by atoms with Crippen LogP contribution in [0.3, 0.4) is 0 Å². The normalized spacial score (nSPS) is 10.5. The van der Waals surface area contributed by atoms with E-state index in [0.29, 0.717) is 10.6 Å². The van der Waals surface area contributed by atoms with E-state index in [0.717, 1.165) is 10.1 Å². The first-order valence-corrected chi connectivity index (χ1v) is 6.06. The minimum atomic E-state index is 0.0263. The van der Waals surface area contributed by atoms with Gasteiger partial charge in [-0.2, -0.15) is 0 Å². The van der Waals surface area contributed by atoms with Crippen molar-refractivity contribution in [2.24, 2.45) is 12.8 Å². The number of hydrogen-bond acceptors (Lipinski definition) is 3. The Balaban J connectivity index is 2.41. The molecule has 2 aromatic rings. The Morgan fingerprint density at radius 2 is 2.29 bits per heavy atom. The summed E-state index contributed by atoms with van der Waals surface area (Å²) in [5, 5.41) is 8.97. The van der Waals surface area contributed by atoms with Gasteiger partial charge in [-0.15, -0.1) is 0 Å². The monoisotopic (exact) mass is 266 g/mol. The van der Waals surface area contributed by atoms with Gasteiger partial charge in [0, 0.05) is 34.9 Å². The third-order valence-corrected chi connectivity index (χ3v) is 3.58. The lowest BCUT2D eigenvalue weighted by Gasteiger charge is -2.08. The molecular formula is C11H11ClN4S. The number of nitrogens with one attached hydrogen (secondary N) is 1. The summed E-state index contributed by atoms with van der Waals surface area (Å²) in [6.07, 6.45) is 3.58. The number of nitrogen functional groups attached to an aromatic ring is 1. The molecule has 2 rings (SSSR count). The van der Waals surface area contributed by atoms with Crippen LogP contribution in [0.5, 0.6) is 0 Å². The number of nitrogens with two attached hydrogens (primary N) is 1. The van der Waals surface area contributed by atoms with Crippen LogP contribution in [0.15, 0.2) is 40.6 Å². The van der Waals surface area contributed by atoms with Gasteiger partial charge in [-0.05, 0) is 18.2 Å². The zero-order chi connectivity index (χ0) is 12.4. The summed E-state index contributed by atoms with van der Waals surface area (Å²) in [5.74, 6) is 0.0263. The van der Waals surface area contributed by atoms with E-state index in [1.165, 1.54) is 11.8 Å². The van der Waals surface area contributed by atoms with Crippen LogP contribution in [0.25, 0.3) is 0 Å². The van der Waals surface area contributed by atoms with Gasteiger partial charge >= 0.3 is 0 Å². The van der Waals surface area contributed by atoms with E-state index < -0.39 is 0 Å². The van der Waals surface area contributed by atoms with Crippen LogP contribution in [0.2, 0.25) is 5.02 Å². The molecule has 0 aliphatic rings. The molecule has 0 aliphatic carbocycles. The zero-order valence-electron chi connectivity index (χ0n) is 9.14. The molecule has 0 unspecified atom stereocenters. The number of nitrogens with zero attached hydrogens (tertiary/aromatic N) is 2. The maximum absolute atomic E-state index is 7.52. The van der Waals surface area contributed by atoms with Gasteiger partial charge in [0.05, 0.1) is 0 Å². The number of rotatable bonds is 3. The van der Waals surface area contributed by atoms with Gasteiger partial charge in [-0.1, -0.05) is 23.4 Å². The van der Waals surface area contributed by atoms with Gasteiger partial charge in [0.2, 0.25) is 0 Å². The fourth-order valence-corrected chi connectivity index (χ4v) is 2.58. The molecule has 6 heteroatoms. The van der Waals surface area contributed by atoms with Gasteiger partial charge in [0.25, 0.3) is 0 Å². The fraction of sp³-hybridized carbons (Fsp3) is 0.0909. The highest BCUT2D eigenvalue weighted by atomic mass is 35.5. The Hall–Kier alpha value is -1.46. The topological polar surface area (TPSA) is 67.7 Å². The summed E-state index contributed by atoms with van der Waals surface area (Å²) in [6, 6.07) is 5.26. The number of imidazole rings is 1. The molecule has 0 saturated heterocycles. The number of amidine groups is 1. The van der Waals surface area contributed by atoms with E-state index in [4.69, 9.17) is 22.7 Å². The molecule has 0 saturated carbocycles. The molecular weight excluding hydrogens is 256 g/mol. The first-order chi connectivity index (χ1) is 8.08. The molecule has 1 aromatic heterocycles. The Kier molecular flexibility index (Phi) is 3.40. The predicted molar refractivity (Wildman–Crippen MR) is 69.8 cm³/mol. The van der Waals surface area contributed by atoms with E-state index in [1.807, 2.05) is 17.8 Å². The summed E-state index contributed by atoms with van der Waals surface area (Å²) in [7, 11) is 1.91. The van der Waals surface area contributed by atoms with Crippen LogP contribution in [-0.2, 0) is 7.05 Å². The Labute approximate surface area is 108 Å². The molecule has 0 aliphatic heterocycles. The lowest BCUT2D eigenvalue weighted by atomic mass is 10.2. The maximum Gasteiger partial charge on any atom is 0.172 e. The number of benzene rings is 1. The molecule has 0 bridgehead atoms. The molecule has 3 N–H and O–H groups in total. The number of aryl methyl sites for hydroxylation is 1. The SMILES string of the molecule is Cn1ccnc1Sc1cc(Cl)ccc1C(=N)N. The largest absolute Gasteiger partial charge is 0.384 e. The first-order valence-electron chi connectivity index (χ1n) is 4.87. The van der Waals surface area contributed by atoms with Crippen LogP contribution in [0.4, 0.5) is 0 Å². The predicted octanol–water partition coefficient (Wildman–Crippen LogP) is 2.51. The van der Waals surface area contributed by atoms with E-state index >= 15 is 0 Å². The molecule has 0 atom stereocenters. The van der Waals surface area contributed by atoms with Crippen molar-refractivity contribution < 1.29 is 0 Å². The van der Waals surface area contributed by atoms with E-state index in [1.54, 1.807) is 24.4 Å². The molecule has 0 fully saturated rings. The molecule has 1 aromatic carbocycles. The minimum Gasteiger partial charge on any atom is -0.384 e. The maximum atomic E-state index is 7.52. The van der Waals surface area contributed by atoms with Crippen molar-refractivity contribution in [3.8, 4) is 0 Å². The third-order valence-electron chi connectivity index (χ3n) is 2.21. The Morgan fingerprint density at radius 3 is 2.88 bits per heavy atom. The highest BCUT2D eigenvalue weighted by molar-refractivity contribution is 7.99. The molecule has 0 spiro atoms. The van der Waals surface area contributed by atoms with Crippen LogP contribution < -0.4 is 5.73 Å². The summed E-state index contributed by atoms with van der Waals surface area (Å²) in [6.45, 7) is 0. The van der Waals surface area contributed by atoms with Gasteiger partial charge in [0.15, 0.2) is 5.16 Å². The van der Waals surface area contributed by atoms with Crippen molar-refractivity contribution in [1.29, 1.82) is 5.41 Å². The molecule has 0 radical (unpaired) electrons.